The third-order valence-corrected chi connectivity index (χ3v) is 16.9. The average molecular weight is 835 g/mol. The van der Waals surface area contributed by atoms with Gasteiger partial charge in [0.25, 0.3) is 5.88 Å². The summed E-state index contributed by atoms with van der Waals surface area (Å²) in [5.74, 6) is -2.50. The van der Waals surface area contributed by atoms with Gasteiger partial charge >= 0.3 is 0 Å². The summed E-state index contributed by atoms with van der Waals surface area (Å²) in [6.07, 6.45) is 3.72. The molecule has 0 radical (unpaired) electrons. The number of benzene rings is 1. The van der Waals surface area contributed by atoms with Crippen molar-refractivity contribution < 1.29 is 37.5 Å². The Hall–Kier alpha value is -2.58. The summed E-state index contributed by atoms with van der Waals surface area (Å²) in [5.41, 5.74) is -0.789. The van der Waals surface area contributed by atoms with E-state index >= 15 is 14.0 Å². The number of nitrogens with zero attached hydrogens (tertiary/aromatic N) is 2. The van der Waals surface area contributed by atoms with Gasteiger partial charge in [0.1, 0.15) is 22.9 Å². The molecule has 0 saturated carbocycles. The minimum absolute atomic E-state index is 0.0608. The van der Waals surface area contributed by atoms with Crippen LogP contribution >= 0.6 is 15.9 Å². The molecule has 5 rings (SSSR count). The molecule has 3 aliphatic carbocycles. The van der Waals surface area contributed by atoms with Crippen LogP contribution in [-0.2, 0) is 17.4 Å². The number of halogens is 2. The Morgan fingerprint density at radius 3 is 2.26 bits per heavy atom. The van der Waals surface area contributed by atoms with E-state index in [1.165, 1.54) is 0 Å². The highest BCUT2D eigenvalue weighted by atomic mass is 79.9. The Morgan fingerprint density at radius 2 is 1.69 bits per heavy atom. The summed E-state index contributed by atoms with van der Waals surface area (Å²) >= 11 is 3.55. The van der Waals surface area contributed by atoms with Crippen molar-refractivity contribution in [2.24, 2.45) is 17.3 Å². The fourth-order valence-electron chi connectivity index (χ4n) is 7.84. The number of fused-ring (bicyclic) bond motifs is 4. The van der Waals surface area contributed by atoms with E-state index in [1.807, 2.05) is 45.9 Å². The molecule has 0 amide bonds. The Bertz CT molecular complexity index is 1790. The summed E-state index contributed by atoms with van der Waals surface area (Å²) in [4.78, 5) is 32.6. The van der Waals surface area contributed by atoms with Gasteiger partial charge in [-0.25, -0.2) is 4.39 Å². The van der Waals surface area contributed by atoms with E-state index in [4.69, 9.17) is 18.4 Å². The molecule has 0 saturated heterocycles. The minimum Gasteiger partial charge on any atom is -0.508 e. The molecule has 10 nitrogen and oxygen atoms in total. The maximum atomic E-state index is 16.5. The molecular weight excluding hydrogens is 773 g/mol. The molecule has 3 aliphatic rings. The molecule has 54 heavy (non-hydrogen) atoms. The van der Waals surface area contributed by atoms with E-state index in [1.54, 1.807) is 0 Å². The maximum absolute atomic E-state index is 16.5. The van der Waals surface area contributed by atoms with Gasteiger partial charge in [0.15, 0.2) is 25.5 Å². The number of aliphatic hydroxyl groups excluding tert-OH is 1. The lowest BCUT2D eigenvalue weighted by atomic mass is 9.58. The Balaban J connectivity index is 1.78. The molecule has 0 unspecified atom stereocenters. The minimum atomic E-state index is -2.87. The molecule has 1 aromatic heterocycles. The van der Waals surface area contributed by atoms with E-state index in [0.29, 0.717) is 37.5 Å². The lowest BCUT2D eigenvalue weighted by Gasteiger charge is -2.55. The highest BCUT2D eigenvalue weighted by Gasteiger charge is 2.67. The largest absolute Gasteiger partial charge is 0.508 e. The Kier molecular flexibility index (Phi) is 12.4. The lowest BCUT2D eigenvalue weighted by molar-refractivity contribution is -0.0480. The molecular formula is C41H61BrFN3O7Si. The number of ketones is 2. The average Bonchev–Trinajstić information content (AvgIpc) is 3.48. The van der Waals surface area contributed by atoms with Crippen molar-refractivity contribution in [1.82, 2.24) is 15.4 Å². The molecule has 0 bridgehead atoms. The number of hydrogen-bond acceptors (Lipinski definition) is 10. The monoisotopic (exact) mass is 833 g/mol. The van der Waals surface area contributed by atoms with Crippen LogP contribution in [0.15, 0.2) is 20.3 Å². The summed E-state index contributed by atoms with van der Waals surface area (Å²) in [6, 6.07) is -0.567. The van der Waals surface area contributed by atoms with Crippen LogP contribution in [0.5, 0.6) is 11.6 Å². The Morgan fingerprint density at radius 1 is 1.06 bits per heavy atom. The van der Waals surface area contributed by atoms with Gasteiger partial charge in [-0.3, -0.25) is 14.5 Å². The second kappa shape index (κ2) is 15.7. The van der Waals surface area contributed by atoms with Crippen molar-refractivity contribution in [1.29, 1.82) is 0 Å². The predicted molar refractivity (Wildman–Crippen MR) is 214 cm³/mol. The number of rotatable bonds is 14. The fraction of sp³-hybridized carbons (Fsp3) is 0.683. The van der Waals surface area contributed by atoms with Gasteiger partial charge in [0.05, 0.1) is 29.3 Å². The van der Waals surface area contributed by atoms with Crippen LogP contribution in [0.4, 0.5) is 4.39 Å². The van der Waals surface area contributed by atoms with Gasteiger partial charge < -0.3 is 28.8 Å². The van der Waals surface area contributed by atoms with Crippen LogP contribution in [0, 0.1) is 23.1 Å². The number of aliphatic hydroxyl groups is 1. The molecule has 2 N–H and O–H groups in total. The first kappa shape index (κ1) is 42.6. The molecule has 0 fully saturated rings. The van der Waals surface area contributed by atoms with Gasteiger partial charge in [-0.05, 0) is 95.9 Å². The predicted octanol–water partition coefficient (Wildman–Crippen LogP) is 9.52. The van der Waals surface area contributed by atoms with Crippen LogP contribution < -0.4 is 14.8 Å². The third kappa shape index (κ3) is 7.48. The van der Waals surface area contributed by atoms with Crippen molar-refractivity contribution >= 4 is 35.8 Å². The molecule has 300 valence electrons. The maximum Gasteiger partial charge on any atom is 0.265 e. The number of Topliss-reactive ketones (excluding diaryl/α,β-unsaturated/α-hetero) is 2. The van der Waals surface area contributed by atoms with E-state index in [0.717, 1.165) is 19.3 Å². The number of carbonyl (C=O) groups is 2. The van der Waals surface area contributed by atoms with E-state index in [2.05, 4.69) is 67.9 Å². The van der Waals surface area contributed by atoms with Crippen molar-refractivity contribution in [3.63, 3.8) is 0 Å². The second-order valence-electron chi connectivity index (χ2n) is 18.3. The zero-order valence-corrected chi connectivity index (χ0v) is 36.9. The van der Waals surface area contributed by atoms with E-state index in [9.17, 15) is 5.11 Å². The molecule has 13 heteroatoms. The summed E-state index contributed by atoms with van der Waals surface area (Å²) in [7, 11) is 0.905. The zero-order valence-electron chi connectivity index (χ0n) is 34.4. The number of unbranched alkanes of at least 4 members (excludes halogenated alkanes) is 2. The number of ether oxygens (including phenoxy) is 2. The standard InChI is InChI=1S/C41H61BrFN3O7Si/c1-13-15-17-50-34-25(21-44-22-39(3,4)5)31(43)30(42)24-19-23-20-26-32(46(9)10)35-29(38(45-52-35)51-18-16-14-2)37(49)41(26,53-54(11,12)40(6,7)8)36(48)27(23)33(47)28(24)34/h23,26,32,44,48H,13-22H2,1-12H3/t23-,26-,32-,41-/m0/s1. The molecule has 1 heterocycles. The van der Waals surface area contributed by atoms with Crippen molar-refractivity contribution in [2.45, 2.75) is 130 Å². The topological polar surface area (TPSA) is 123 Å². The molecule has 1 aromatic carbocycles. The smallest absolute Gasteiger partial charge is 0.265 e. The molecule has 2 aromatic rings. The number of aromatic nitrogens is 1. The van der Waals surface area contributed by atoms with Gasteiger partial charge in [-0.1, -0.05) is 68.2 Å². The lowest BCUT2D eigenvalue weighted by Crippen LogP contribution is -2.65. The van der Waals surface area contributed by atoms with E-state index in [-0.39, 0.29) is 74.0 Å². The number of hydrogen-bond donors (Lipinski definition) is 2. The van der Waals surface area contributed by atoms with Gasteiger partial charge in [-0.2, -0.15) is 0 Å². The SMILES string of the molecule is CCCCOc1noc2c1C(=O)[C@@]1(O[Si](C)(C)C(C)(C)C)C(O)=C3C(=O)c4c(c(Br)c(F)c(CNCC(C)(C)C)c4OCCCC)C[C@H]3C[C@H]1[C@@H]2N(C)C. The number of carbonyl (C=O) groups excluding carboxylic acids is 2. The van der Waals surface area contributed by atoms with Crippen LogP contribution in [0.1, 0.15) is 131 Å². The first-order chi connectivity index (χ1) is 25.1. The quantitative estimate of drug-likeness (QED) is 0.141. The van der Waals surface area contributed by atoms with Crippen molar-refractivity contribution in [3.05, 3.63) is 49.6 Å². The first-order valence-electron chi connectivity index (χ1n) is 19.5. The van der Waals surface area contributed by atoms with Gasteiger partial charge in [0, 0.05) is 30.1 Å². The number of nitrogens with one attached hydrogen (secondary N) is 1. The molecule has 0 aliphatic heterocycles. The van der Waals surface area contributed by atoms with Crippen LogP contribution in [0.25, 0.3) is 0 Å². The summed E-state index contributed by atoms with van der Waals surface area (Å²) in [5, 5.41) is 20.2. The third-order valence-electron chi connectivity index (χ3n) is 11.6. The van der Waals surface area contributed by atoms with E-state index < -0.39 is 49.2 Å². The molecule has 4 atom stereocenters. The fourth-order valence-corrected chi connectivity index (χ4v) is 9.89. The Labute approximate surface area is 330 Å². The zero-order chi connectivity index (χ0) is 40.1. The highest BCUT2D eigenvalue weighted by molar-refractivity contribution is 9.10. The first-order valence-corrected chi connectivity index (χ1v) is 23.2. The van der Waals surface area contributed by atoms with Gasteiger partial charge in [-0.15, -0.1) is 0 Å². The van der Waals surface area contributed by atoms with Crippen LogP contribution in [0.2, 0.25) is 18.1 Å². The second-order valence-corrected chi connectivity index (χ2v) is 23.8. The summed E-state index contributed by atoms with van der Waals surface area (Å²) < 4.78 is 42.3. The number of allylic oxidation sites excluding steroid dienone is 1. The highest BCUT2D eigenvalue weighted by Crippen LogP contribution is 2.60. The van der Waals surface area contributed by atoms with Crippen molar-refractivity contribution in [3.8, 4) is 11.6 Å². The van der Waals surface area contributed by atoms with Crippen LogP contribution in [0.3, 0.4) is 0 Å². The van der Waals surface area contributed by atoms with Gasteiger partial charge in [0.2, 0.25) is 5.78 Å². The summed E-state index contributed by atoms with van der Waals surface area (Å²) in [6.45, 7) is 22.0. The normalized spacial score (nSPS) is 23.0. The van der Waals surface area contributed by atoms with Crippen molar-refractivity contribution in [2.75, 3.05) is 33.9 Å². The van der Waals surface area contributed by atoms with Crippen LogP contribution in [-0.4, -0.2) is 74.5 Å². The molecule has 0 spiro atoms.